The third kappa shape index (κ3) is 5.15. The van der Waals surface area contributed by atoms with Crippen LogP contribution in [0.1, 0.15) is 78.6 Å². The van der Waals surface area contributed by atoms with Crippen LogP contribution in [0.5, 0.6) is 0 Å². The first-order valence-corrected chi connectivity index (χ1v) is 15.6. The summed E-state index contributed by atoms with van der Waals surface area (Å²) in [5.41, 5.74) is -5.76. The van der Waals surface area contributed by atoms with Gasteiger partial charge in [0.2, 0.25) is 0 Å². The van der Waals surface area contributed by atoms with Gasteiger partial charge in [0, 0.05) is 43.4 Å². The average Bonchev–Trinajstić information content (AvgIpc) is 3.21. The van der Waals surface area contributed by atoms with Crippen molar-refractivity contribution in [3.05, 3.63) is 0 Å². The Hall–Kier alpha value is -1.59. The van der Waals surface area contributed by atoms with Crippen molar-refractivity contribution >= 4 is 35.1 Å². The normalized spacial score (nSPS) is 36.8. The number of carbonyl (C=O) groups is 4. The number of hydrogen-bond acceptors (Lipinski definition) is 6. The van der Waals surface area contributed by atoms with E-state index in [4.69, 9.17) is 0 Å². The summed E-state index contributed by atoms with van der Waals surface area (Å²) in [4.78, 5) is 51.9. The summed E-state index contributed by atoms with van der Waals surface area (Å²) in [6, 6.07) is 0. The number of alkyl halides is 6. The molecular weight excluding hydrogens is 574 g/mol. The number of ether oxygens (including phenoxy) is 1. The van der Waals surface area contributed by atoms with E-state index < -0.39 is 41.5 Å². The van der Waals surface area contributed by atoms with Crippen LogP contribution in [0, 0.1) is 46.3 Å². The smallest absolute Gasteiger partial charge is 0.438 e. The first-order valence-electron chi connectivity index (χ1n) is 14.3. The van der Waals surface area contributed by atoms with E-state index in [0.29, 0.717) is 38.5 Å². The van der Waals surface area contributed by atoms with Gasteiger partial charge < -0.3 is 4.74 Å². The molecule has 0 spiro atoms. The van der Waals surface area contributed by atoms with E-state index in [1.54, 1.807) is 6.92 Å². The maximum absolute atomic E-state index is 13.9. The van der Waals surface area contributed by atoms with Crippen LogP contribution in [-0.2, 0) is 23.9 Å². The Kier molecular flexibility index (Phi) is 8.55. The second-order valence-electron chi connectivity index (χ2n) is 13.2. The minimum absolute atomic E-state index is 0.0142. The summed E-state index contributed by atoms with van der Waals surface area (Å²) >= 11 is 0.278. The molecule has 0 radical (unpaired) electrons. The number of thioether (sulfide) groups is 1. The SMILES string of the molecule is CSCC(OC(=O)CCC(C)C1CCC2C3C(=O)CC4CC(=O)CCC4(C)C3CC(=O)C12C)(C(F)(F)F)C(F)(F)F. The van der Waals surface area contributed by atoms with Gasteiger partial charge in [0.15, 0.2) is 0 Å². The molecular formula is C29H38F6O5S. The van der Waals surface area contributed by atoms with E-state index >= 15 is 0 Å². The molecule has 0 aromatic carbocycles. The molecule has 12 heteroatoms. The van der Waals surface area contributed by atoms with Gasteiger partial charge in [0.1, 0.15) is 17.3 Å². The fourth-order valence-corrected chi connectivity index (χ4v) is 9.65. The van der Waals surface area contributed by atoms with Gasteiger partial charge in [0.25, 0.3) is 0 Å². The number of esters is 1. The maximum Gasteiger partial charge on any atom is 0.438 e. The highest BCUT2D eigenvalue weighted by Crippen LogP contribution is 2.66. The number of rotatable bonds is 7. The van der Waals surface area contributed by atoms with Crippen molar-refractivity contribution in [2.45, 2.75) is 96.5 Å². The molecule has 8 unspecified atom stereocenters. The Balaban J connectivity index is 1.49. The Bertz CT molecular complexity index is 1070. The molecule has 4 aliphatic rings. The van der Waals surface area contributed by atoms with Gasteiger partial charge in [0.05, 0.1) is 5.75 Å². The lowest BCUT2D eigenvalue weighted by molar-refractivity contribution is -0.360. The summed E-state index contributed by atoms with van der Waals surface area (Å²) in [5.74, 6) is -4.27. The quantitative estimate of drug-likeness (QED) is 0.234. The van der Waals surface area contributed by atoms with Crippen LogP contribution in [0.15, 0.2) is 0 Å². The van der Waals surface area contributed by atoms with E-state index in [0.717, 1.165) is 6.26 Å². The van der Waals surface area contributed by atoms with E-state index in [1.165, 1.54) is 0 Å². The average molecular weight is 613 g/mol. The molecule has 232 valence electrons. The van der Waals surface area contributed by atoms with Crippen molar-refractivity contribution in [1.29, 1.82) is 0 Å². The predicted molar refractivity (Wildman–Crippen MR) is 139 cm³/mol. The second kappa shape index (κ2) is 10.8. The van der Waals surface area contributed by atoms with Gasteiger partial charge in [-0.25, -0.2) is 0 Å². The molecule has 0 aromatic heterocycles. The summed E-state index contributed by atoms with van der Waals surface area (Å²) < 4.78 is 85.6. The van der Waals surface area contributed by atoms with E-state index in [2.05, 4.69) is 11.7 Å². The van der Waals surface area contributed by atoms with Crippen molar-refractivity contribution < 1.29 is 50.3 Å². The van der Waals surface area contributed by atoms with Gasteiger partial charge in [-0.2, -0.15) is 38.1 Å². The van der Waals surface area contributed by atoms with Crippen LogP contribution in [0.4, 0.5) is 26.3 Å². The molecule has 0 saturated heterocycles. The molecule has 0 aliphatic heterocycles. The summed E-state index contributed by atoms with van der Waals surface area (Å²) in [6.07, 6.45) is -8.18. The zero-order valence-corrected chi connectivity index (χ0v) is 24.6. The zero-order valence-electron chi connectivity index (χ0n) is 23.8. The highest BCUT2D eigenvalue weighted by atomic mass is 32.2. The molecule has 0 aromatic rings. The largest absolute Gasteiger partial charge is 0.438 e. The minimum Gasteiger partial charge on any atom is -0.438 e. The highest BCUT2D eigenvalue weighted by molar-refractivity contribution is 7.98. The Morgan fingerprint density at radius 2 is 1.63 bits per heavy atom. The van der Waals surface area contributed by atoms with Gasteiger partial charge in [-0.3, -0.25) is 19.2 Å². The predicted octanol–water partition coefficient (Wildman–Crippen LogP) is 6.76. The maximum atomic E-state index is 13.9. The van der Waals surface area contributed by atoms with Crippen LogP contribution in [0.2, 0.25) is 0 Å². The Morgan fingerprint density at radius 3 is 2.22 bits per heavy atom. The fraction of sp³-hybridized carbons (Fsp3) is 0.862. The highest BCUT2D eigenvalue weighted by Gasteiger charge is 2.74. The lowest BCUT2D eigenvalue weighted by Crippen LogP contribution is -2.61. The number of Topliss-reactive ketones (excluding diaryl/α,β-unsaturated/α-hetero) is 3. The molecule has 4 saturated carbocycles. The monoisotopic (exact) mass is 612 g/mol. The molecule has 0 amide bonds. The summed E-state index contributed by atoms with van der Waals surface area (Å²) in [7, 11) is 0. The number of carbonyl (C=O) groups excluding carboxylic acids is 4. The topological polar surface area (TPSA) is 77.5 Å². The first kappa shape index (κ1) is 32.3. The van der Waals surface area contributed by atoms with Crippen LogP contribution in [-0.4, -0.2) is 53.3 Å². The van der Waals surface area contributed by atoms with Crippen LogP contribution >= 0.6 is 11.8 Å². The number of ketones is 3. The lowest BCUT2D eigenvalue weighted by Gasteiger charge is -2.58. The van der Waals surface area contributed by atoms with Gasteiger partial charge in [-0.15, -0.1) is 0 Å². The van der Waals surface area contributed by atoms with E-state index in [9.17, 15) is 45.5 Å². The molecule has 4 aliphatic carbocycles. The zero-order chi connectivity index (χ0) is 30.8. The van der Waals surface area contributed by atoms with Crippen molar-refractivity contribution in [3.8, 4) is 0 Å². The lowest BCUT2D eigenvalue weighted by atomic mass is 9.44. The van der Waals surface area contributed by atoms with E-state index in [1.807, 2.05) is 6.92 Å². The van der Waals surface area contributed by atoms with Gasteiger partial charge >= 0.3 is 23.9 Å². The van der Waals surface area contributed by atoms with Crippen molar-refractivity contribution in [2.24, 2.45) is 46.3 Å². The van der Waals surface area contributed by atoms with Crippen LogP contribution in [0.25, 0.3) is 0 Å². The third-order valence-electron chi connectivity index (χ3n) is 11.3. The second-order valence-corrected chi connectivity index (χ2v) is 14.1. The van der Waals surface area contributed by atoms with Crippen LogP contribution < -0.4 is 0 Å². The molecule has 0 heterocycles. The van der Waals surface area contributed by atoms with Crippen LogP contribution in [0.3, 0.4) is 0 Å². The minimum atomic E-state index is -5.85. The number of hydrogen-bond donors (Lipinski definition) is 0. The molecule has 41 heavy (non-hydrogen) atoms. The van der Waals surface area contributed by atoms with E-state index in [-0.39, 0.29) is 82.9 Å². The molecule has 4 rings (SSSR count). The fourth-order valence-electron chi connectivity index (χ4n) is 8.85. The van der Waals surface area contributed by atoms with Gasteiger partial charge in [-0.1, -0.05) is 20.8 Å². The van der Waals surface area contributed by atoms with Crippen molar-refractivity contribution in [3.63, 3.8) is 0 Å². The standard InChI is InChI=1S/C29H38F6O5S/c1-15(5-8-23(39)40-27(14-41-4,28(30,31)32)29(33,34)35)18-6-7-19-24-20(13-22(38)26(18,19)3)25(2)10-9-17(36)11-16(25)12-21(24)37/h15-16,18-20,24H,5-14H2,1-4H3. The number of halogens is 6. The van der Waals surface area contributed by atoms with Crippen molar-refractivity contribution in [2.75, 3.05) is 12.0 Å². The first-order chi connectivity index (χ1) is 18.8. The third-order valence-corrected chi connectivity index (χ3v) is 12.0. The Morgan fingerprint density at radius 1 is 1.00 bits per heavy atom. The van der Waals surface area contributed by atoms with Crippen molar-refractivity contribution in [1.82, 2.24) is 0 Å². The molecule has 4 fully saturated rings. The Labute approximate surface area is 240 Å². The molecule has 0 bridgehead atoms. The molecule has 5 nitrogen and oxygen atoms in total. The molecule has 8 atom stereocenters. The molecule has 0 N–H and O–H groups in total. The summed E-state index contributed by atoms with van der Waals surface area (Å²) in [5, 5.41) is 0. The number of fused-ring (bicyclic) bond motifs is 5. The van der Waals surface area contributed by atoms with Gasteiger partial charge in [-0.05, 0) is 66.9 Å². The summed E-state index contributed by atoms with van der Waals surface area (Å²) in [6.45, 7) is 5.69.